The number of carbonyl (C=O) groups excluding carboxylic acids is 1. The van der Waals surface area contributed by atoms with Crippen molar-refractivity contribution in [2.24, 2.45) is 0 Å². The summed E-state index contributed by atoms with van der Waals surface area (Å²) < 4.78 is 7.86. The van der Waals surface area contributed by atoms with Crippen LogP contribution >= 0.6 is 39.0 Å². The van der Waals surface area contributed by atoms with E-state index in [0.717, 1.165) is 44.2 Å². The van der Waals surface area contributed by atoms with Crippen LogP contribution in [0.25, 0.3) is 10.2 Å². The quantitative estimate of drug-likeness (QED) is 0.462. The molecule has 4 rings (SSSR count). The van der Waals surface area contributed by atoms with Gasteiger partial charge in [0, 0.05) is 21.5 Å². The SMILES string of the molecule is CSc1ccc(C(=O)N(CC2CCCO2)c2nc3ccc(Br)cc3s2)cc1. The summed E-state index contributed by atoms with van der Waals surface area (Å²) in [5.74, 6) is -0.0312. The number of nitrogens with zero attached hydrogens (tertiary/aromatic N) is 2. The second-order valence-electron chi connectivity index (χ2n) is 6.39. The number of thioether (sulfide) groups is 1. The number of carbonyl (C=O) groups is 1. The van der Waals surface area contributed by atoms with Gasteiger partial charge in [-0.15, -0.1) is 11.8 Å². The molecule has 0 spiro atoms. The third kappa shape index (κ3) is 4.21. The van der Waals surface area contributed by atoms with Crippen molar-refractivity contribution in [1.29, 1.82) is 0 Å². The van der Waals surface area contributed by atoms with Crippen LogP contribution in [0.4, 0.5) is 5.13 Å². The fourth-order valence-electron chi connectivity index (χ4n) is 3.13. The molecule has 1 fully saturated rings. The van der Waals surface area contributed by atoms with E-state index in [9.17, 15) is 4.79 Å². The highest BCUT2D eigenvalue weighted by molar-refractivity contribution is 9.10. The van der Waals surface area contributed by atoms with Crippen molar-refractivity contribution in [3.8, 4) is 0 Å². The highest BCUT2D eigenvalue weighted by Crippen LogP contribution is 2.32. The van der Waals surface area contributed by atoms with E-state index in [1.807, 2.05) is 48.7 Å². The zero-order valence-electron chi connectivity index (χ0n) is 14.9. The van der Waals surface area contributed by atoms with Crippen molar-refractivity contribution < 1.29 is 9.53 Å². The smallest absolute Gasteiger partial charge is 0.260 e. The Morgan fingerprint density at radius 2 is 2.15 bits per heavy atom. The monoisotopic (exact) mass is 462 g/mol. The van der Waals surface area contributed by atoms with Crippen molar-refractivity contribution in [2.75, 3.05) is 24.3 Å². The van der Waals surface area contributed by atoms with Crippen LogP contribution < -0.4 is 4.90 Å². The summed E-state index contributed by atoms with van der Waals surface area (Å²) in [5.41, 5.74) is 1.58. The summed E-state index contributed by atoms with van der Waals surface area (Å²) in [7, 11) is 0. The molecule has 0 bridgehead atoms. The van der Waals surface area contributed by atoms with E-state index in [4.69, 9.17) is 9.72 Å². The first-order valence-corrected chi connectivity index (χ1v) is 11.6. The van der Waals surface area contributed by atoms with Gasteiger partial charge in [-0.1, -0.05) is 27.3 Å². The number of anilines is 1. The molecule has 1 aliphatic heterocycles. The minimum absolute atomic E-state index is 0.0312. The van der Waals surface area contributed by atoms with E-state index in [1.54, 1.807) is 16.7 Å². The van der Waals surface area contributed by atoms with Crippen molar-refractivity contribution in [3.63, 3.8) is 0 Å². The van der Waals surface area contributed by atoms with Crippen LogP contribution in [0.15, 0.2) is 51.8 Å². The summed E-state index contributed by atoms with van der Waals surface area (Å²) in [5, 5.41) is 0.720. The largest absolute Gasteiger partial charge is 0.376 e. The van der Waals surface area contributed by atoms with Crippen LogP contribution in [0.5, 0.6) is 0 Å². The number of benzene rings is 2. The minimum Gasteiger partial charge on any atom is -0.376 e. The van der Waals surface area contributed by atoms with Crippen LogP contribution in [-0.2, 0) is 4.74 Å². The van der Waals surface area contributed by atoms with Crippen LogP contribution in [0, 0.1) is 0 Å². The van der Waals surface area contributed by atoms with E-state index >= 15 is 0 Å². The highest BCUT2D eigenvalue weighted by Gasteiger charge is 2.27. The Morgan fingerprint density at radius 1 is 1.33 bits per heavy atom. The number of ether oxygens (including phenoxy) is 1. The van der Waals surface area contributed by atoms with Crippen molar-refractivity contribution in [3.05, 3.63) is 52.5 Å². The summed E-state index contributed by atoms with van der Waals surface area (Å²) >= 11 is 6.71. The molecule has 2 heterocycles. The molecule has 2 aromatic carbocycles. The zero-order valence-corrected chi connectivity index (χ0v) is 18.1. The maximum absolute atomic E-state index is 13.3. The van der Waals surface area contributed by atoms with Crippen LogP contribution in [0.1, 0.15) is 23.2 Å². The first-order valence-electron chi connectivity index (χ1n) is 8.77. The fourth-order valence-corrected chi connectivity index (χ4v) is 5.06. The molecule has 3 aromatic rings. The van der Waals surface area contributed by atoms with Crippen molar-refractivity contribution >= 4 is 60.3 Å². The molecular formula is C20H19BrN2O2S2. The van der Waals surface area contributed by atoms with Gasteiger partial charge in [0.2, 0.25) is 0 Å². The molecule has 0 aliphatic carbocycles. The van der Waals surface area contributed by atoms with Crippen LogP contribution in [0.3, 0.4) is 0 Å². The third-order valence-electron chi connectivity index (χ3n) is 4.56. The Morgan fingerprint density at radius 3 is 2.85 bits per heavy atom. The van der Waals surface area contributed by atoms with Gasteiger partial charge in [0.1, 0.15) is 0 Å². The van der Waals surface area contributed by atoms with E-state index in [1.165, 1.54) is 11.3 Å². The predicted molar refractivity (Wildman–Crippen MR) is 116 cm³/mol. The topological polar surface area (TPSA) is 42.4 Å². The summed E-state index contributed by atoms with van der Waals surface area (Å²) in [6.07, 6.45) is 4.12. The van der Waals surface area contributed by atoms with Crippen molar-refractivity contribution in [2.45, 2.75) is 23.8 Å². The van der Waals surface area contributed by atoms with Gasteiger partial charge in [-0.3, -0.25) is 9.69 Å². The molecular weight excluding hydrogens is 444 g/mol. The Bertz CT molecular complexity index is 952. The standard InChI is InChI=1S/C20H19BrN2O2S2/c1-26-16-7-4-13(5-8-16)19(24)23(12-15-3-2-10-25-15)20-22-17-9-6-14(21)11-18(17)27-20/h4-9,11,15H,2-3,10,12H2,1H3. The van der Waals surface area contributed by atoms with Crippen LogP contribution in [-0.4, -0.2) is 36.4 Å². The molecule has 4 nitrogen and oxygen atoms in total. The Balaban J connectivity index is 1.69. The Labute approximate surface area is 175 Å². The number of aromatic nitrogens is 1. The van der Waals surface area contributed by atoms with E-state index < -0.39 is 0 Å². The van der Waals surface area contributed by atoms with Gasteiger partial charge in [0.15, 0.2) is 5.13 Å². The normalized spacial score (nSPS) is 16.7. The Hall–Kier alpha value is -1.41. The Kier molecular flexibility index (Phi) is 5.82. The molecule has 7 heteroatoms. The minimum atomic E-state index is -0.0312. The van der Waals surface area contributed by atoms with Crippen LogP contribution in [0.2, 0.25) is 0 Å². The summed E-state index contributed by atoms with van der Waals surface area (Å²) in [4.78, 5) is 20.9. The number of thiazole rings is 1. The number of amides is 1. The van der Waals surface area contributed by atoms with E-state index in [0.29, 0.717) is 12.1 Å². The molecule has 0 radical (unpaired) electrons. The summed E-state index contributed by atoms with van der Waals surface area (Å²) in [6.45, 7) is 1.30. The first kappa shape index (κ1) is 18.9. The average Bonchev–Trinajstić information content (AvgIpc) is 3.34. The molecule has 1 saturated heterocycles. The fraction of sp³-hybridized carbons (Fsp3) is 0.300. The molecule has 27 heavy (non-hydrogen) atoms. The second kappa shape index (κ2) is 8.31. The van der Waals surface area contributed by atoms with Crippen molar-refractivity contribution in [1.82, 2.24) is 4.98 Å². The lowest BCUT2D eigenvalue weighted by Gasteiger charge is -2.23. The third-order valence-corrected chi connectivity index (χ3v) is 6.84. The van der Waals surface area contributed by atoms with Gasteiger partial charge in [0.05, 0.1) is 22.9 Å². The molecule has 1 amide bonds. The number of hydrogen-bond donors (Lipinski definition) is 0. The molecule has 0 saturated carbocycles. The maximum atomic E-state index is 13.3. The number of hydrogen-bond acceptors (Lipinski definition) is 5. The average molecular weight is 463 g/mol. The first-order chi connectivity index (χ1) is 13.1. The van der Waals surface area contributed by atoms with Gasteiger partial charge in [-0.2, -0.15) is 0 Å². The van der Waals surface area contributed by atoms with Gasteiger partial charge in [0.25, 0.3) is 5.91 Å². The maximum Gasteiger partial charge on any atom is 0.260 e. The lowest BCUT2D eigenvalue weighted by atomic mass is 10.2. The molecule has 1 unspecified atom stereocenters. The number of fused-ring (bicyclic) bond motifs is 1. The lowest BCUT2D eigenvalue weighted by molar-refractivity contribution is 0.0917. The molecule has 1 aromatic heterocycles. The van der Waals surface area contributed by atoms with E-state index in [-0.39, 0.29) is 12.0 Å². The van der Waals surface area contributed by atoms with Gasteiger partial charge in [-0.25, -0.2) is 4.98 Å². The lowest BCUT2D eigenvalue weighted by Crippen LogP contribution is -2.37. The van der Waals surface area contributed by atoms with Gasteiger partial charge < -0.3 is 4.74 Å². The predicted octanol–water partition coefficient (Wildman–Crippen LogP) is 5.61. The molecule has 0 N–H and O–H groups in total. The van der Waals surface area contributed by atoms with Gasteiger partial charge in [-0.05, 0) is 61.6 Å². The van der Waals surface area contributed by atoms with E-state index in [2.05, 4.69) is 15.9 Å². The number of rotatable bonds is 5. The second-order valence-corrected chi connectivity index (χ2v) is 9.19. The van der Waals surface area contributed by atoms with Gasteiger partial charge >= 0.3 is 0 Å². The number of halogens is 1. The summed E-state index contributed by atoms with van der Waals surface area (Å²) in [6, 6.07) is 13.7. The molecule has 140 valence electrons. The molecule has 1 atom stereocenters. The molecule has 1 aliphatic rings. The zero-order chi connectivity index (χ0) is 18.8. The highest BCUT2D eigenvalue weighted by atomic mass is 79.9.